The molecule has 0 bridgehead atoms. The highest BCUT2D eigenvalue weighted by molar-refractivity contribution is 5.89. The zero-order valence-corrected chi connectivity index (χ0v) is 36.5. The number of hydrogen-bond acceptors (Lipinski definition) is 1. The Labute approximate surface area is 377 Å². The van der Waals surface area contributed by atoms with Gasteiger partial charge in [0.2, 0.25) is 0 Å². The molecule has 306 valence electrons. The van der Waals surface area contributed by atoms with Crippen LogP contribution in [0.15, 0.2) is 212 Å². The van der Waals surface area contributed by atoms with E-state index in [-0.39, 0.29) is 16.2 Å². The topological polar surface area (TPSA) is 3.24 Å². The predicted octanol–water partition coefficient (Wildman–Crippen LogP) is 16.6. The Balaban J connectivity index is 0.896. The van der Waals surface area contributed by atoms with Crippen LogP contribution in [-0.4, -0.2) is 0 Å². The summed E-state index contributed by atoms with van der Waals surface area (Å²) >= 11 is 0. The molecule has 1 heteroatoms. The minimum atomic E-state index is -0.0765. The standard InChI is InChI=1S/C63H49N/c1-61(2)55-22-12-9-19-49(55)52-34-31-48(41-58(52)61)64(46-17-7-4-8-18-46)47-29-25-43(26-30-47)45-28-33-54-53-32-27-44(42-15-5-3-6-16-42)39-59(53)63(60(54)40-45)37-35-62(36-38-63)56-23-13-10-20-50(56)51-21-11-14-24-57(51)62/h3-34,39-41H,35-38H2,1-2H3. The largest absolute Gasteiger partial charge is 0.310 e. The van der Waals surface area contributed by atoms with Crippen LogP contribution < -0.4 is 4.90 Å². The summed E-state index contributed by atoms with van der Waals surface area (Å²) in [6.07, 6.45) is 4.45. The molecule has 0 aliphatic heterocycles. The number of anilines is 3. The molecule has 0 radical (unpaired) electrons. The number of hydrogen-bond donors (Lipinski definition) is 0. The smallest absolute Gasteiger partial charge is 0.0465 e. The van der Waals surface area contributed by atoms with Crippen LogP contribution in [0.5, 0.6) is 0 Å². The van der Waals surface area contributed by atoms with Crippen molar-refractivity contribution in [2.75, 3.05) is 4.90 Å². The van der Waals surface area contributed by atoms with E-state index < -0.39 is 0 Å². The average Bonchev–Trinajstić information content (AvgIpc) is 3.88. The van der Waals surface area contributed by atoms with E-state index in [2.05, 4.69) is 231 Å². The fourth-order valence-corrected chi connectivity index (χ4v) is 12.7. The maximum atomic E-state index is 2.57. The van der Waals surface area contributed by atoms with E-state index in [1.807, 2.05) is 0 Å². The highest BCUT2D eigenvalue weighted by Crippen LogP contribution is 2.64. The van der Waals surface area contributed by atoms with E-state index in [9.17, 15) is 0 Å². The first-order valence-corrected chi connectivity index (χ1v) is 23.2. The van der Waals surface area contributed by atoms with Gasteiger partial charge in [0.15, 0.2) is 0 Å². The van der Waals surface area contributed by atoms with Gasteiger partial charge in [0.05, 0.1) is 0 Å². The molecule has 4 aliphatic carbocycles. The van der Waals surface area contributed by atoms with E-state index in [4.69, 9.17) is 0 Å². The second-order valence-electron chi connectivity index (χ2n) is 19.3. The van der Waals surface area contributed by atoms with Gasteiger partial charge in [0.25, 0.3) is 0 Å². The van der Waals surface area contributed by atoms with Crippen LogP contribution in [0.2, 0.25) is 0 Å². The maximum absolute atomic E-state index is 2.57. The van der Waals surface area contributed by atoms with E-state index in [0.29, 0.717) is 0 Å². The predicted molar refractivity (Wildman–Crippen MR) is 267 cm³/mol. The first kappa shape index (κ1) is 37.3. The number of benzene rings is 9. The van der Waals surface area contributed by atoms with Gasteiger partial charge in [-0.2, -0.15) is 0 Å². The van der Waals surface area contributed by atoms with Crippen LogP contribution in [-0.2, 0) is 16.2 Å². The Bertz CT molecular complexity index is 3240. The first-order valence-electron chi connectivity index (χ1n) is 23.2. The van der Waals surface area contributed by atoms with Gasteiger partial charge in [0, 0.05) is 33.3 Å². The molecule has 1 saturated carbocycles. The molecule has 1 fully saturated rings. The minimum absolute atomic E-state index is 0.0367. The van der Waals surface area contributed by atoms with Crippen LogP contribution in [0.4, 0.5) is 17.1 Å². The van der Waals surface area contributed by atoms with Crippen LogP contribution >= 0.6 is 0 Å². The van der Waals surface area contributed by atoms with Gasteiger partial charge >= 0.3 is 0 Å². The van der Waals surface area contributed by atoms with Crippen LogP contribution in [0, 0.1) is 0 Å². The SMILES string of the molecule is CC1(C)c2ccccc2-c2ccc(N(c3ccccc3)c3ccc(-c4ccc5c(c4)C4(CCC6(CC4)c4ccccc4-c4ccccc46)c4cc(-c6ccccc6)ccc4-5)cc3)cc21. The molecule has 4 aliphatic rings. The summed E-state index contributed by atoms with van der Waals surface area (Å²) in [6.45, 7) is 4.73. The number of fused-ring (bicyclic) bond motifs is 13. The Morgan fingerprint density at radius 2 is 0.656 bits per heavy atom. The lowest BCUT2D eigenvalue weighted by atomic mass is 9.57. The summed E-state index contributed by atoms with van der Waals surface area (Å²) in [7, 11) is 0. The average molecular weight is 820 g/mol. The van der Waals surface area contributed by atoms with Crippen molar-refractivity contribution in [3.63, 3.8) is 0 Å². The Morgan fingerprint density at radius 3 is 1.23 bits per heavy atom. The third-order valence-electron chi connectivity index (χ3n) is 15.9. The summed E-state index contributed by atoms with van der Waals surface area (Å²) in [5.74, 6) is 0. The van der Waals surface area contributed by atoms with Gasteiger partial charge < -0.3 is 4.90 Å². The monoisotopic (exact) mass is 819 g/mol. The van der Waals surface area contributed by atoms with Crippen molar-refractivity contribution in [3.8, 4) is 55.6 Å². The lowest BCUT2D eigenvalue weighted by Gasteiger charge is -2.45. The lowest BCUT2D eigenvalue weighted by molar-refractivity contribution is 0.265. The number of para-hydroxylation sites is 1. The highest BCUT2D eigenvalue weighted by Gasteiger charge is 2.53. The minimum Gasteiger partial charge on any atom is -0.310 e. The molecule has 0 atom stereocenters. The maximum Gasteiger partial charge on any atom is 0.0465 e. The van der Waals surface area contributed by atoms with E-state index in [1.165, 1.54) is 94.7 Å². The van der Waals surface area contributed by atoms with Crippen molar-refractivity contribution in [2.45, 2.75) is 55.8 Å². The van der Waals surface area contributed by atoms with Crippen molar-refractivity contribution in [1.82, 2.24) is 0 Å². The molecule has 0 amide bonds. The zero-order valence-electron chi connectivity index (χ0n) is 36.5. The molecule has 2 spiro atoms. The molecule has 13 rings (SSSR count). The van der Waals surface area contributed by atoms with Crippen LogP contribution in [0.1, 0.15) is 72.9 Å². The van der Waals surface area contributed by atoms with Crippen LogP contribution in [0.25, 0.3) is 55.6 Å². The summed E-state index contributed by atoms with van der Waals surface area (Å²) < 4.78 is 0. The summed E-state index contributed by atoms with van der Waals surface area (Å²) in [4.78, 5) is 2.42. The van der Waals surface area contributed by atoms with Crippen molar-refractivity contribution >= 4 is 17.1 Å². The van der Waals surface area contributed by atoms with Gasteiger partial charge in [-0.25, -0.2) is 0 Å². The molecule has 64 heavy (non-hydrogen) atoms. The van der Waals surface area contributed by atoms with Crippen molar-refractivity contribution in [3.05, 3.63) is 246 Å². The Kier molecular flexibility index (Phi) is 8.10. The lowest BCUT2D eigenvalue weighted by Crippen LogP contribution is -2.39. The molecular weight excluding hydrogens is 771 g/mol. The van der Waals surface area contributed by atoms with E-state index in [1.54, 1.807) is 0 Å². The van der Waals surface area contributed by atoms with Crippen molar-refractivity contribution in [2.24, 2.45) is 0 Å². The molecule has 0 unspecified atom stereocenters. The fraction of sp³-hybridized carbons (Fsp3) is 0.143. The summed E-state index contributed by atoms with van der Waals surface area (Å²) in [5, 5.41) is 0. The second kappa shape index (κ2) is 13.9. The number of rotatable bonds is 5. The number of nitrogens with zero attached hydrogens (tertiary/aromatic N) is 1. The summed E-state index contributed by atoms with van der Waals surface area (Å²) in [6, 6.07) is 80.2. The van der Waals surface area contributed by atoms with Gasteiger partial charge in [-0.15, -0.1) is 0 Å². The van der Waals surface area contributed by atoms with Crippen LogP contribution in [0.3, 0.4) is 0 Å². The van der Waals surface area contributed by atoms with E-state index in [0.717, 1.165) is 37.1 Å². The fourth-order valence-electron chi connectivity index (χ4n) is 12.7. The molecule has 0 heterocycles. The highest BCUT2D eigenvalue weighted by atomic mass is 15.1. The Morgan fingerprint density at radius 1 is 0.281 bits per heavy atom. The molecule has 0 N–H and O–H groups in total. The second-order valence-corrected chi connectivity index (χ2v) is 19.3. The quantitative estimate of drug-likeness (QED) is 0.167. The van der Waals surface area contributed by atoms with Gasteiger partial charge in [-0.3, -0.25) is 0 Å². The molecule has 0 aromatic heterocycles. The molecular formula is C63H49N. The Hall–Kier alpha value is -7.22. The first-order chi connectivity index (χ1) is 31.4. The van der Waals surface area contributed by atoms with Crippen molar-refractivity contribution in [1.29, 1.82) is 0 Å². The molecule has 1 nitrogen and oxygen atoms in total. The van der Waals surface area contributed by atoms with Gasteiger partial charge in [-0.05, 0) is 163 Å². The third-order valence-corrected chi connectivity index (χ3v) is 15.9. The van der Waals surface area contributed by atoms with Gasteiger partial charge in [-0.1, -0.05) is 178 Å². The zero-order chi connectivity index (χ0) is 42.6. The normalized spacial score (nSPS) is 16.1. The molecule has 9 aromatic rings. The van der Waals surface area contributed by atoms with Gasteiger partial charge in [0.1, 0.15) is 0 Å². The van der Waals surface area contributed by atoms with Crippen molar-refractivity contribution < 1.29 is 0 Å². The summed E-state index contributed by atoms with van der Waals surface area (Å²) in [5.41, 5.74) is 25.6. The van der Waals surface area contributed by atoms with E-state index >= 15 is 0 Å². The molecule has 0 saturated heterocycles. The third kappa shape index (κ3) is 5.31. The molecule has 9 aromatic carbocycles.